The molecule has 0 aromatic heterocycles. The summed E-state index contributed by atoms with van der Waals surface area (Å²) in [6.07, 6.45) is 1.50. The number of carbonyl (C=O) groups is 1. The molecular formula is C17H28N2O2. The van der Waals surface area contributed by atoms with E-state index in [1.807, 2.05) is 31.2 Å². The molecule has 4 heteroatoms. The third-order valence-electron chi connectivity index (χ3n) is 3.60. The monoisotopic (exact) mass is 292 g/mol. The zero-order valence-corrected chi connectivity index (χ0v) is 13.6. The minimum absolute atomic E-state index is 0.0559. The summed E-state index contributed by atoms with van der Waals surface area (Å²) in [6, 6.07) is 8.25. The molecule has 0 saturated carbocycles. The van der Waals surface area contributed by atoms with Crippen LogP contribution in [0.1, 0.15) is 50.9 Å². The summed E-state index contributed by atoms with van der Waals surface area (Å²) < 4.78 is 0. The van der Waals surface area contributed by atoms with Gasteiger partial charge in [-0.15, -0.1) is 0 Å². The van der Waals surface area contributed by atoms with E-state index < -0.39 is 0 Å². The van der Waals surface area contributed by atoms with E-state index in [4.69, 9.17) is 5.11 Å². The molecular weight excluding hydrogens is 264 g/mol. The summed E-state index contributed by atoms with van der Waals surface area (Å²) >= 11 is 0. The quantitative estimate of drug-likeness (QED) is 0.774. The molecule has 1 unspecified atom stereocenters. The number of nitrogens with one attached hydrogen (secondary N) is 1. The fraction of sp³-hybridized carbons (Fsp3) is 0.588. The molecule has 0 bridgehead atoms. The first-order chi connectivity index (χ1) is 9.99. The zero-order valence-electron chi connectivity index (χ0n) is 13.6. The molecule has 2 N–H and O–H groups in total. The van der Waals surface area contributed by atoms with Crippen LogP contribution in [-0.2, 0) is 0 Å². The molecule has 4 nitrogen and oxygen atoms in total. The number of benzene rings is 1. The van der Waals surface area contributed by atoms with Crippen LogP contribution in [0.5, 0.6) is 0 Å². The van der Waals surface area contributed by atoms with Crippen molar-refractivity contribution in [3.8, 4) is 0 Å². The normalized spacial score (nSPS) is 12.3. The van der Waals surface area contributed by atoms with Gasteiger partial charge in [0.2, 0.25) is 0 Å². The molecule has 0 aliphatic carbocycles. The second-order valence-electron chi connectivity index (χ2n) is 5.67. The first-order valence-electron chi connectivity index (χ1n) is 7.78. The van der Waals surface area contributed by atoms with Gasteiger partial charge in [-0.05, 0) is 64.8 Å². The lowest BCUT2D eigenvalue weighted by Crippen LogP contribution is -2.33. The number of anilines is 1. The Morgan fingerprint density at radius 2 is 1.86 bits per heavy atom. The van der Waals surface area contributed by atoms with Gasteiger partial charge in [0.25, 0.3) is 5.91 Å². The molecule has 0 aliphatic rings. The smallest absolute Gasteiger partial charge is 0.251 e. The summed E-state index contributed by atoms with van der Waals surface area (Å²) in [5.41, 5.74) is 1.81. The third-order valence-corrected chi connectivity index (χ3v) is 3.60. The van der Waals surface area contributed by atoms with Gasteiger partial charge in [-0.25, -0.2) is 0 Å². The Labute approximate surface area is 128 Å². The summed E-state index contributed by atoms with van der Waals surface area (Å²) in [4.78, 5) is 14.4. The van der Waals surface area contributed by atoms with E-state index in [1.54, 1.807) is 0 Å². The number of aliphatic hydroxyl groups is 1. The van der Waals surface area contributed by atoms with Gasteiger partial charge in [-0.1, -0.05) is 0 Å². The number of carbonyl (C=O) groups excluding carboxylic acids is 1. The predicted octanol–water partition coefficient (Wildman–Crippen LogP) is 2.81. The third kappa shape index (κ3) is 5.38. The molecule has 0 saturated heterocycles. The van der Waals surface area contributed by atoms with E-state index in [0.717, 1.165) is 18.7 Å². The van der Waals surface area contributed by atoms with Crippen molar-refractivity contribution >= 4 is 11.6 Å². The first-order valence-corrected chi connectivity index (χ1v) is 7.78. The molecule has 21 heavy (non-hydrogen) atoms. The minimum atomic E-state index is -0.0559. The summed E-state index contributed by atoms with van der Waals surface area (Å²) in [7, 11) is 0. The van der Waals surface area contributed by atoms with Gasteiger partial charge in [-0.2, -0.15) is 0 Å². The Morgan fingerprint density at radius 1 is 1.24 bits per heavy atom. The van der Waals surface area contributed by atoms with Crippen LogP contribution >= 0.6 is 0 Å². The SMILES string of the molecule is CCN(c1ccc(C(=O)NC(C)CCCO)cc1)C(C)C. The number of hydrogen-bond donors (Lipinski definition) is 2. The Hall–Kier alpha value is -1.55. The highest BCUT2D eigenvalue weighted by molar-refractivity contribution is 5.94. The first kappa shape index (κ1) is 17.5. The summed E-state index contributed by atoms with van der Waals surface area (Å²) in [5, 5.41) is 11.8. The fourth-order valence-electron chi connectivity index (χ4n) is 2.43. The van der Waals surface area contributed by atoms with Gasteiger partial charge >= 0.3 is 0 Å². The van der Waals surface area contributed by atoms with Crippen LogP contribution in [0.25, 0.3) is 0 Å². The lowest BCUT2D eigenvalue weighted by Gasteiger charge is -2.27. The molecule has 0 aliphatic heterocycles. The van der Waals surface area contributed by atoms with Crippen molar-refractivity contribution in [2.75, 3.05) is 18.1 Å². The number of amides is 1. The second kappa shape index (κ2) is 8.67. The van der Waals surface area contributed by atoms with E-state index in [1.165, 1.54) is 0 Å². The number of rotatable bonds is 8. The summed E-state index contributed by atoms with van der Waals surface area (Å²) in [5.74, 6) is -0.0559. The van der Waals surface area contributed by atoms with Gasteiger partial charge in [0, 0.05) is 36.5 Å². The highest BCUT2D eigenvalue weighted by Gasteiger charge is 2.12. The lowest BCUT2D eigenvalue weighted by molar-refractivity contribution is 0.0936. The number of hydrogen-bond acceptors (Lipinski definition) is 3. The average molecular weight is 292 g/mol. The molecule has 1 aromatic rings. The molecule has 1 atom stereocenters. The highest BCUT2D eigenvalue weighted by Crippen LogP contribution is 2.17. The molecule has 0 fully saturated rings. The molecule has 0 spiro atoms. The highest BCUT2D eigenvalue weighted by atomic mass is 16.3. The van der Waals surface area contributed by atoms with Crippen molar-refractivity contribution in [3.05, 3.63) is 29.8 Å². The maximum atomic E-state index is 12.1. The van der Waals surface area contributed by atoms with Crippen LogP contribution in [0.2, 0.25) is 0 Å². The standard InChI is InChI=1S/C17H28N2O2/c1-5-19(13(2)3)16-10-8-15(9-11-16)17(21)18-14(4)7-6-12-20/h8-11,13-14,20H,5-7,12H2,1-4H3,(H,18,21). The number of nitrogens with zero attached hydrogens (tertiary/aromatic N) is 1. The van der Waals surface area contributed by atoms with Crippen LogP contribution < -0.4 is 10.2 Å². The zero-order chi connectivity index (χ0) is 15.8. The maximum Gasteiger partial charge on any atom is 0.251 e. The average Bonchev–Trinajstić information content (AvgIpc) is 2.46. The van der Waals surface area contributed by atoms with Crippen molar-refractivity contribution in [3.63, 3.8) is 0 Å². The predicted molar refractivity (Wildman–Crippen MR) is 87.8 cm³/mol. The van der Waals surface area contributed by atoms with Crippen LogP contribution in [0, 0.1) is 0 Å². The Kier molecular flexibility index (Phi) is 7.23. The van der Waals surface area contributed by atoms with Crippen LogP contribution in [-0.4, -0.2) is 36.2 Å². The van der Waals surface area contributed by atoms with Crippen molar-refractivity contribution in [1.29, 1.82) is 0 Å². The number of aliphatic hydroxyl groups excluding tert-OH is 1. The van der Waals surface area contributed by atoms with Gasteiger partial charge in [-0.3, -0.25) is 4.79 Å². The van der Waals surface area contributed by atoms with Crippen LogP contribution in [0.4, 0.5) is 5.69 Å². The van der Waals surface area contributed by atoms with Gasteiger partial charge in [0.1, 0.15) is 0 Å². The molecule has 1 aromatic carbocycles. The maximum absolute atomic E-state index is 12.1. The molecule has 118 valence electrons. The van der Waals surface area contributed by atoms with Crippen molar-refractivity contribution in [1.82, 2.24) is 5.32 Å². The lowest BCUT2D eigenvalue weighted by atomic mass is 10.1. The molecule has 0 radical (unpaired) electrons. The van der Waals surface area contributed by atoms with Crippen LogP contribution in [0.15, 0.2) is 24.3 Å². The van der Waals surface area contributed by atoms with Crippen molar-refractivity contribution in [2.24, 2.45) is 0 Å². The Morgan fingerprint density at radius 3 is 2.33 bits per heavy atom. The van der Waals surface area contributed by atoms with Crippen molar-refractivity contribution in [2.45, 2.75) is 52.6 Å². The Balaban J connectivity index is 2.67. The van der Waals surface area contributed by atoms with E-state index in [9.17, 15) is 4.79 Å². The topological polar surface area (TPSA) is 52.6 Å². The van der Waals surface area contributed by atoms with Gasteiger partial charge in [0.05, 0.1) is 0 Å². The van der Waals surface area contributed by atoms with Crippen LogP contribution in [0.3, 0.4) is 0 Å². The molecule has 1 rings (SSSR count). The molecule has 1 amide bonds. The van der Waals surface area contributed by atoms with E-state index >= 15 is 0 Å². The van der Waals surface area contributed by atoms with Gasteiger partial charge < -0.3 is 15.3 Å². The molecule has 0 heterocycles. The second-order valence-corrected chi connectivity index (χ2v) is 5.67. The Bertz CT molecular complexity index is 429. The van der Waals surface area contributed by atoms with Crippen molar-refractivity contribution < 1.29 is 9.90 Å². The largest absolute Gasteiger partial charge is 0.396 e. The fourth-order valence-corrected chi connectivity index (χ4v) is 2.43. The minimum Gasteiger partial charge on any atom is -0.396 e. The van der Waals surface area contributed by atoms with E-state index in [2.05, 4.69) is 31.0 Å². The summed E-state index contributed by atoms with van der Waals surface area (Å²) in [6.45, 7) is 9.52. The van der Waals surface area contributed by atoms with Gasteiger partial charge in [0.15, 0.2) is 0 Å². The van der Waals surface area contributed by atoms with E-state index in [0.29, 0.717) is 18.0 Å². The van der Waals surface area contributed by atoms with E-state index in [-0.39, 0.29) is 18.6 Å².